The predicted octanol–water partition coefficient (Wildman–Crippen LogP) is 4.12. The molecule has 2 heterocycles. The predicted molar refractivity (Wildman–Crippen MR) is 100 cm³/mol. The van der Waals surface area contributed by atoms with Crippen LogP contribution in [-0.4, -0.2) is 20.5 Å². The first-order valence-corrected chi connectivity index (χ1v) is 8.83. The summed E-state index contributed by atoms with van der Waals surface area (Å²) in [6.45, 7) is 4.97. The molecule has 9 heteroatoms. The van der Waals surface area contributed by atoms with Crippen LogP contribution < -0.4 is 5.32 Å². The summed E-state index contributed by atoms with van der Waals surface area (Å²) in [6.07, 6.45) is -2.64. The molecule has 1 aromatic carbocycles. The van der Waals surface area contributed by atoms with Crippen molar-refractivity contribution in [1.29, 1.82) is 5.26 Å². The average Bonchev–Trinajstić information content (AvgIpc) is 3.05. The van der Waals surface area contributed by atoms with E-state index < -0.39 is 17.6 Å². The van der Waals surface area contributed by atoms with E-state index in [9.17, 15) is 18.0 Å². The molecule has 0 aliphatic rings. The highest BCUT2D eigenvalue weighted by Crippen LogP contribution is 2.33. The third-order valence-corrected chi connectivity index (χ3v) is 4.76. The first-order valence-electron chi connectivity index (χ1n) is 8.83. The highest BCUT2D eigenvalue weighted by atomic mass is 19.4. The summed E-state index contributed by atoms with van der Waals surface area (Å²) >= 11 is 0. The van der Waals surface area contributed by atoms with E-state index in [4.69, 9.17) is 5.26 Å². The molecule has 0 unspecified atom stereocenters. The number of benzene rings is 1. The first-order chi connectivity index (χ1) is 13.6. The second-order valence-corrected chi connectivity index (χ2v) is 6.74. The average molecular weight is 401 g/mol. The SMILES string of the molecule is Cc1ccc(NC(=O)CCc2c(C)nc3c(C#N)cnn3c2C)cc1C(F)(F)F. The Kier molecular flexibility index (Phi) is 5.29. The van der Waals surface area contributed by atoms with Gasteiger partial charge in [0, 0.05) is 23.5 Å². The molecule has 0 atom stereocenters. The Morgan fingerprint density at radius 2 is 2.00 bits per heavy atom. The quantitative estimate of drug-likeness (QED) is 0.713. The molecular formula is C20H18F3N5O. The number of carbonyl (C=O) groups is 1. The van der Waals surface area contributed by atoms with Gasteiger partial charge in [0.2, 0.25) is 5.91 Å². The van der Waals surface area contributed by atoms with E-state index in [0.717, 1.165) is 17.3 Å². The number of aromatic nitrogens is 3. The summed E-state index contributed by atoms with van der Waals surface area (Å²) in [5.74, 6) is -0.404. The number of nitrogens with one attached hydrogen (secondary N) is 1. The number of nitrogens with zero attached hydrogens (tertiary/aromatic N) is 4. The lowest BCUT2D eigenvalue weighted by Gasteiger charge is -2.13. The molecule has 0 saturated heterocycles. The van der Waals surface area contributed by atoms with Gasteiger partial charge in [-0.1, -0.05) is 6.07 Å². The van der Waals surface area contributed by atoms with Gasteiger partial charge in [-0.2, -0.15) is 23.5 Å². The van der Waals surface area contributed by atoms with Crippen LogP contribution in [0.25, 0.3) is 5.65 Å². The molecule has 29 heavy (non-hydrogen) atoms. The van der Waals surface area contributed by atoms with Crippen LogP contribution in [0.1, 0.15) is 40.1 Å². The molecular weight excluding hydrogens is 383 g/mol. The fraction of sp³-hybridized carbons (Fsp3) is 0.300. The smallest absolute Gasteiger partial charge is 0.326 e. The number of rotatable bonds is 4. The molecule has 0 bridgehead atoms. The molecule has 0 aliphatic heterocycles. The molecule has 6 nitrogen and oxygen atoms in total. The summed E-state index contributed by atoms with van der Waals surface area (Å²) in [5, 5.41) is 15.8. The van der Waals surface area contributed by atoms with Gasteiger partial charge in [0.25, 0.3) is 0 Å². The minimum Gasteiger partial charge on any atom is -0.326 e. The van der Waals surface area contributed by atoms with Gasteiger partial charge in [0.05, 0.1) is 11.8 Å². The van der Waals surface area contributed by atoms with Gasteiger partial charge >= 0.3 is 6.18 Å². The zero-order valence-corrected chi connectivity index (χ0v) is 16.1. The number of nitriles is 1. The number of alkyl halides is 3. The monoisotopic (exact) mass is 401 g/mol. The maximum Gasteiger partial charge on any atom is 0.416 e. The van der Waals surface area contributed by atoms with Crippen LogP contribution in [0, 0.1) is 32.1 Å². The van der Waals surface area contributed by atoms with E-state index in [1.54, 1.807) is 11.4 Å². The summed E-state index contributed by atoms with van der Waals surface area (Å²) < 4.78 is 40.6. The number of hydrogen-bond acceptors (Lipinski definition) is 4. The van der Waals surface area contributed by atoms with Crippen molar-refractivity contribution >= 4 is 17.2 Å². The van der Waals surface area contributed by atoms with Gasteiger partial charge < -0.3 is 5.32 Å². The molecule has 0 spiro atoms. The number of aryl methyl sites for hydroxylation is 3. The van der Waals surface area contributed by atoms with Crippen LogP contribution in [0.2, 0.25) is 0 Å². The van der Waals surface area contributed by atoms with Crippen molar-refractivity contribution in [1.82, 2.24) is 14.6 Å². The van der Waals surface area contributed by atoms with Crippen LogP contribution in [0.3, 0.4) is 0 Å². The number of halogens is 3. The maximum absolute atomic E-state index is 13.0. The largest absolute Gasteiger partial charge is 0.416 e. The van der Waals surface area contributed by atoms with Crippen molar-refractivity contribution in [3.63, 3.8) is 0 Å². The minimum absolute atomic E-state index is 0.0659. The molecule has 3 aromatic rings. The molecule has 0 saturated carbocycles. The van der Waals surface area contributed by atoms with Crippen molar-refractivity contribution in [2.45, 2.75) is 39.8 Å². The third kappa shape index (κ3) is 4.06. The number of fused-ring (bicyclic) bond motifs is 1. The third-order valence-electron chi connectivity index (χ3n) is 4.76. The normalized spacial score (nSPS) is 11.5. The zero-order valence-electron chi connectivity index (χ0n) is 16.1. The van der Waals surface area contributed by atoms with Gasteiger partial charge in [0.15, 0.2) is 5.65 Å². The van der Waals surface area contributed by atoms with E-state index in [-0.39, 0.29) is 17.7 Å². The van der Waals surface area contributed by atoms with E-state index in [0.29, 0.717) is 23.3 Å². The number of carbonyl (C=O) groups excluding carboxylic acids is 1. The van der Waals surface area contributed by atoms with E-state index >= 15 is 0 Å². The number of hydrogen-bond donors (Lipinski definition) is 1. The highest BCUT2D eigenvalue weighted by molar-refractivity contribution is 5.91. The van der Waals surface area contributed by atoms with Gasteiger partial charge in [-0.3, -0.25) is 4.79 Å². The molecule has 3 rings (SSSR count). The summed E-state index contributed by atoms with van der Waals surface area (Å²) in [4.78, 5) is 16.7. The molecule has 0 fully saturated rings. The van der Waals surface area contributed by atoms with Crippen LogP contribution in [-0.2, 0) is 17.4 Å². The van der Waals surface area contributed by atoms with Crippen LogP contribution >= 0.6 is 0 Å². The topological polar surface area (TPSA) is 83.1 Å². The minimum atomic E-state index is -4.48. The Labute approximate surface area is 165 Å². The molecule has 2 aromatic heterocycles. The lowest BCUT2D eigenvalue weighted by Crippen LogP contribution is -2.15. The lowest BCUT2D eigenvalue weighted by atomic mass is 10.1. The number of amides is 1. The second-order valence-electron chi connectivity index (χ2n) is 6.74. The van der Waals surface area contributed by atoms with Crippen molar-refractivity contribution < 1.29 is 18.0 Å². The lowest BCUT2D eigenvalue weighted by molar-refractivity contribution is -0.138. The fourth-order valence-electron chi connectivity index (χ4n) is 3.22. The number of anilines is 1. The Morgan fingerprint density at radius 1 is 1.28 bits per heavy atom. The van der Waals surface area contributed by atoms with Gasteiger partial charge in [-0.05, 0) is 50.5 Å². The molecule has 1 amide bonds. The van der Waals surface area contributed by atoms with Gasteiger partial charge in [-0.15, -0.1) is 0 Å². The summed E-state index contributed by atoms with van der Waals surface area (Å²) in [7, 11) is 0. The Hall–Kier alpha value is -3.41. The van der Waals surface area contributed by atoms with Crippen molar-refractivity contribution in [2.24, 2.45) is 0 Å². The molecule has 0 radical (unpaired) electrons. The van der Waals surface area contributed by atoms with Gasteiger partial charge in [-0.25, -0.2) is 9.50 Å². The molecule has 1 N–H and O–H groups in total. The fourth-order valence-corrected chi connectivity index (χ4v) is 3.22. The second kappa shape index (κ2) is 7.54. The van der Waals surface area contributed by atoms with Crippen molar-refractivity contribution in [2.75, 3.05) is 5.32 Å². The van der Waals surface area contributed by atoms with Crippen molar-refractivity contribution in [3.8, 4) is 6.07 Å². The zero-order chi connectivity index (χ0) is 21.3. The van der Waals surface area contributed by atoms with Crippen LogP contribution in [0.4, 0.5) is 18.9 Å². The van der Waals surface area contributed by atoms with Crippen LogP contribution in [0.15, 0.2) is 24.4 Å². The Balaban J connectivity index is 1.76. The molecule has 150 valence electrons. The van der Waals surface area contributed by atoms with Crippen molar-refractivity contribution in [3.05, 3.63) is 58.0 Å². The standard InChI is InChI=1S/C20H18F3N5O/c1-11-4-5-15(8-17(11)20(21,22)23)27-18(29)7-6-16-12(2)26-19-14(9-24)10-25-28(19)13(16)3/h4-5,8,10H,6-7H2,1-3H3,(H,27,29). The Bertz CT molecular complexity index is 1140. The first kappa shape index (κ1) is 20.3. The van der Waals surface area contributed by atoms with Gasteiger partial charge in [0.1, 0.15) is 11.6 Å². The highest BCUT2D eigenvalue weighted by Gasteiger charge is 2.32. The molecule has 0 aliphatic carbocycles. The van der Waals surface area contributed by atoms with Crippen LogP contribution in [0.5, 0.6) is 0 Å². The Morgan fingerprint density at radius 3 is 2.66 bits per heavy atom. The summed E-state index contributed by atoms with van der Waals surface area (Å²) in [5.41, 5.74) is 2.47. The summed E-state index contributed by atoms with van der Waals surface area (Å²) in [6, 6.07) is 5.74. The van der Waals surface area contributed by atoms with E-state index in [1.165, 1.54) is 25.3 Å². The van der Waals surface area contributed by atoms with E-state index in [1.807, 2.05) is 13.0 Å². The maximum atomic E-state index is 13.0. The van der Waals surface area contributed by atoms with E-state index in [2.05, 4.69) is 15.4 Å².